The number of urea groups is 1. The van der Waals surface area contributed by atoms with Gasteiger partial charge in [0.05, 0.1) is 11.4 Å². The van der Waals surface area contributed by atoms with E-state index in [0.29, 0.717) is 11.8 Å². The lowest BCUT2D eigenvalue weighted by atomic mass is 10.1. The zero-order valence-electron chi connectivity index (χ0n) is 20.1. The van der Waals surface area contributed by atoms with Gasteiger partial charge in [0.1, 0.15) is 0 Å². The summed E-state index contributed by atoms with van der Waals surface area (Å²) < 4.78 is 0. The molecule has 0 unspecified atom stereocenters. The van der Waals surface area contributed by atoms with E-state index < -0.39 is 0 Å². The Morgan fingerprint density at radius 3 is 1.91 bits per heavy atom. The Bertz CT molecular complexity index is 789. The molecule has 0 saturated heterocycles. The van der Waals surface area contributed by atoms with E-state index in [9.17, 15) is 4.79 Å². The largest absolute Gasteiger partial charge is 0.483 e. The molecule has 2 aromatic carbocycles. The van der Waals surface area contributed by atoms with Crippen LogP contribution in [0.3, 0.4) is 0 Å². The Balaban J connectivity index is 0.000000748. The van der Waals surface area contributed by atoms with Crippen LogP contribution >= 0.6 is 0 Å². The molecule has 1 aliphatic carbocycles. The molecule has 0 spiro atoms. The molecule has 6 nitrogen and oxygen atoms in total. The van der Waals surface area contributed by atoms with Crippen molar-refractivity contribution in [3.63, 3.8) is 0 Å². The van der Waals surface area contributed by atoms with Crippen molar-refractivity contribution in [2.75, 3.05) is 28.6 Å². The number of nitrogens with zero attached hydrogens (tertiary/aromatic N) is 1. The van der Waals surface area contributed by atoms with Crippen molar-refractivity contribution in [3.8, 4) is 0 Å². The van der Waals surface area contributed by atoms with Crippen LogP contribution in [0.5, 0.6) is 0 Å². The standard InChI is InChI=1S/C22H31N3O.C3H6.CH2O2/c1-16(2)14-25(15-17(3)4)21-9-7-6-8-20(21)24-22(26)23-19-12-10-18(5)11-13-19;1-2-3-1;2-1-3/h6-13,16-17H,14-15H2,1-5H3,(H2,23,24,26);1-3H2;1H,(H,2,3). The van der Waals surface area contributed by atoms with Gasteiger partial charge in [0.15, 0.2) is 0 Å². The fourth-order valence-corrected chi connectivity index (χ4v) is 2.93. The molecule has 0 aliphatic heterocycles. The first-order valence-corrected chi connectivity index (χ1v) is 11.3. The first-order valence-electron chi connectivity index (χ1n) is 11.3. The van der Waals surface area contributed by atoms with Crippen molar-refractivity contribution in [3.05, 3.63) is 54.1 Å². The van der Waals surface area contributed by atoms with Crippen LogP contribution in [0.25, 0.3) is 0 Å². The number of rotatable bonds is 7. The van der Waals surface area contributed by atoms with Gasteiger partial charge in [-0.3, -0.25) is 4.79 Å². The molecule has 1 aliphatic rings. The number of carbonyl (C=O) groups excluding carboxylic acids is 1. The normalized spacial score (nSPS) is 11.5. The molecule has 32 heavy (non-hydrogen) atoms. The van der Waals surface area contributed by atoms with Gasteiger partial charge in [-0.2, -0.15) is 0 Å². The summed E-state index contributed by atoms with van der Waals surface area (Å²) >= 11 is 0. The highest BCUT2D eigenvalue weighted by atomic mass is 16.3. The van der Waals surface area contributed by atoms with E-state index >= 15 is 0 Å². The van der Waals surface area contributed by atoms with Crippen molar-refractivity contribution >= 4 is 29.6 Å². The van der Waals surface area contributed by atoms with Crippen LogP contribution in [0.4, 0.5) is 21.9 Å². The summed E-state index contributed by atoms with van der Waals surface area (Å²) in [6.07, 6.45) is 4.50. The van der Waals surface area contributed by atoms with E-state index in [4.69, 9.17) is 9.90 Å². The van der Waals surface area contributed by atoms with Gasteiger partial charge in [-0.05, 0) is 43.0 Å². The Kier molecular flexibility index (Phi) is 12.6. The Labute approximate surface area is 193 Å². The van der Waals surface area contributed by atoms with E-state index in [0.717, 1.165) is 30.2 Å². The maximum absolute atomic E-state index is 12.4. The van der Waals surface area contributed by atoms with Crippen LogP contribution < -0.4 is 15.5 Å². The summed E-state index contributed by atoms with van der Waals surface area (Å²) in [6, 6.07) is 15.6. The molecule has 2 amide bonds. The lowest BCUT2D eigenvalue weighted by Gasteiger charge is -2.30. The van der Waals surface area contributed by atoms with Gasteiger partial charge in [0.2, 0.25) is 0 Å². The first-order chi connectivity index (χ1) is 15.3. The van der Waals surface area contributed by atoms with Crippen LogP contribution in [-0.2, 0) is 4.79 Å². The number of benzene rings is 2. The van der Waals surface area contributed by atoms with Gasteiger partial charge in [-0.1, -0.05) is 76.8 Å². The third-order valence-electron chi connectivity index (χ3n) is 4.33. The highest BCUT2D eigenvalue weighted by Gasteiger charge is 2.15. The SMILES string of the molecule is C1CC1.Cc1ccc(NC(=O)Nc2ccccc2N(CC(C)C)CC(C)C)cc1.O=CO. The molecule has 3 N–H and O–H groups in total. The number of hydrogen-bond donors (Lipinski definition) is 3. The second-order valence-corrected chi connectivity index (χ2v) is 8.82. The number of amides is 2. The number of carboxylic acid groups (broad SMARTS) is 1. The van der Waals surface area contributed by atoms with Gasteiger partial charge >= 0.3 is 6.03 Å². The quantitative estimate of drug-likeness (QED) is 0.421. The summed E-state index contributed by atoms with van der Waals surface area (Å²) in [7, 11) is 0. The maximum atomic E-state index is 12.4. The number of nitrogens with one attached hydrogen (secondary N) is 2. The lowest BCUT2D eigenvalue weighted by Crippen LogP contribution is -2.32. The lowest BCUT2D eigenvalue weighted by molar-refractivity contribution is -0.122. The molecule has 1 saturated carbocycles. The van der Waals surface area contributed by atoms with Crippen molar-refractivity contribution in [2.24, 2.45) is 11.8 Å². The molecular formula is C26H39N3O3. The Hall–Kier alpha value is -3.02. The Morgan fingerprint density at radius 1 is 0.938 bits per heavy atom. The average molecular weight is 442 g/mol. The molecule has 1 fully saturated rings. The van der Waals surface area contributed by atoms with Crippen LogP contribution in [0.15, 0.2) is 48.5 Å². The molecular weight excluding hydrogens is 402 g/mol. The van der Waals surface area contributed by atoms with E-state index in [1.54, 1.807) is 0 Å². The summed E-state index contributed by atoms with van der Waals surface area (Å²) in [4.78, 5) is 23.2. The number of para-hydroxylation sites is 2. The fraction of sp³-hybridized carbons (Fsp3) is 0.462. The monoisotopic (exact) mass is 441 g/mol. The van der Waals surface area contributed by atoms with E-state index in [2.05, 4.69) is 49.3 Å². The summed E-state index contributed by atoms with van der Waals surface area (Å²) in [5.74, 6) is 1.09. The summed E-state index contributed by atoms with van der Waals surface area (Å²) in [5, 5.41) is 12.8. The van der Waals surface area contributed by atoms with E-state index in [1.165, 1.54) is 24.8 Å². The van der Waals surface area contributed by atoms with Gasteiger partial charge in [-0.25, -0.2) is 4.79 Å². The number of anilines is 3. The van der Waals surface area contributed by atoms with Crippen LogP contribution in [0.1, 0.15) is 52.5 Å². The van der Waals surface area contributed by atoms with Crippen molar-refractivity contribution in [1.29, 1.82) is 0 Å². The molecule has 2 aromatic rings. The molecule has 176 valence electrons. The van der Waals surface area contributed by atoms with Crippen molar-refractivity contribution in [2.45, 2.75) is 53.9 Å². The number of carbonyl (C=O) groups is 2. The molecule has 0 radical (unpaired) electrons. The van der Waals surface area contributed by atoms with Crippen molar-refractivity contribution in [1.82, 2.24) is 0 Å². The average Bonchev–Trinajstić information content (AvgIpc) is 3.59. The minimum absolute atomic E-state index is 0.227. The molecule has 0 aromatic heterocycles. The van der Waals surface area contributed by atoms with Gasteiger partial charge in [0.25, 0.3) is 6.47 Å². The maximum Gasteiger partial charge on any atom is 0.323 e. The minimum atomic E-state index is -0.250. The molecule has 6 heteroatoms. The van der Waals surface area contributed by atoms with Crippen LogP contribution in [0, 0.1) is 18.8 Å². The minimum Gasteiger partial charge on any atom is -0.483 e. The van der Waals surface area contributed by atoms with Gasteiger partial charge < -0.3 is 20.6 Å². The third kappa shape index (κ3) is 12.0. The van der Waals surface area contributed by atoms with E-state index in [-0.39, 0.29) is 12.5 Å². The molecule has 0 atom stereocenters. The van der Waals surface area contributed by atoms with Crippen molar-refractivity contribution < 1.29 is 14.7 Å². The fourth-order valence-electron chi connectivity index (χ4n) is 2.93. The number of hydrogen-bond acceptors (Lipinski definition) is 3. The predicted molar refractivity (Wildman–Crippen MR) is 135 cm³/mol. The highest BCUT2D eigenvalue weighted by molar-refractivity contribution is 6.01. The zero-order chi connectivity index (χ0) is 23.9. The van der Waals surface area contributed by atoms with Crippen LogP contribution in [-0.4, -0.2) is 30.7 Å². The number of aryl methyl sites for hydroxylation is 1. The highest BCUT2D eigenvalue weighted by Crippen LogP contribution is 2.27. The third-order valence-corrected chi connectivity index (χ3v) is 4.33. The van der Waals surface area contributed by atoms with Crippen LogP contribution in [0.2, 0.25) is 0 Å². The molecule has 0 bridgehead atoms. The molecule has 0 heterocycles. The van der Waals surface area contributed by atoms with E-state index in [1.807, 2.05) is 49.4 Å². The summed E-state index contributed by atoms with van der Waals surface area (Å²) in [5.41, 5.74) is 3.85. The zero-order valence-corrected chi connectivity index (χ0v) is 20.1. The summed E-state index contributed by atoms with van der Waals surface area (Å²) in [6.45, 7) is 12.5. The predicted octanol–water partition coefficient (Wildman–Crippen LogP) is 6.63. The second kappa shape index (κ2) is 14.9. The second-order valence-electron chi connectivity index (χ2n) is 8.82. The van der Waals surface area contributed by atoms with Gasteiger partial charge in [-0.15, -0.1) is 0 Å². The topological polar surface area (TPSA) is 81.7 Å². The smallest absolute Gasteiger partial charge is 0.323 e. The first kappa shape index (κ1) is 27.0. The van der Waals surface area contributed by atoms with Gasteiger partial charge in [0, 0.05) is 18.8 Å². The molecule has 3 rings (SSSR count). The Morgan fingerprint density at radius 2 is 1.44 bits per heavy atom.